The zero-order valence-corrected chi connectivity index (χ0v) is 15.5. The summed E-state index contributed by atoms with van der Waals surface area (Å²) in [5.41, 5.74) is 0. The number of fused-ring (bicyclic) bond motifs is 2. The van der Waals surface area contributed by atoms with Crippen molar-refractivity contribution < 1.29 is 23.8 Å². The van der Waals surface area contributed by atoms with Crippen LogP contribution in [0.5, 0.6) is 5.75 Å². The maximum Gasteiger partial charge on any atom is 0.407 e. The maximum atomic E-state index is 12.2. The van der Waals surface area contributed by atoms with Crippen LogP contribution in [-0.2, 0) is 14.3 Å². The minimum atomic E-state index is -0.700. The first-order chi connectivity index (χ1) is 13.2. The number of hydrogen-bond acceptors (Lipinski definition) is 5. The largest absolute Gasteiger partial charge is 0.490 e. The summed E-state index contributed by atoms with van der Waals surface area (Å²) >= 11 is 0. The summed E-state index contributed by atoms with van der Waals surface area (Å²) in [6, 6.07) is 9.21. The Balaban J connectivity index is 1.47. The van der Waals surface area contributed by atoms with Crippen LogP contribution < -0.4 is 10.1 Å². The van der Waals surface area contributed by atoms with Gasteiger partial charge in [0, 0.05) is 12.6 Å². The summed E-state index contributed by atoms with van der Waals surface area (Å²) in [4.78, 5) is 23.5. The van der Waals surface area contributed by atoms with E-state index in [1.165, 1.54) is 25.7 Å². The first kappa shape index (κ1) is 19.3. The summed E-state index contributed by atoms with van der Waals surface area (Å²) in [7, 11) is 0. The molecule has 1 amide bonds. The van der Waals surface area contributed by atoms with E-state index in [2.05, 4.69) is 11.9 Å². The molecule has 2 bridgehead atoms. The van der Waals surface area contributed by atoms with Gasteiger partial charge in [0.1, 0.15) is 19.0 Å². The lowest BCUT2D eigenvalue weighted by atomic mass is 9.98. The van der Waals surface area contributed by atoms with Crippen LogP contribution in [0.4, 0.5) is 4.79 Å². The van der Waals surface area contributed by atoms with Gasteiger partial charge in [-0.2, -0.15) is 0 Å². The Morgan fingerprint density at radius 1 is 1.11 bits per heavy atom. The van der Waals surface area contributed by atoms with E-state index in [4.69, 9.17) is 14.2 Å². The smallest absolute Gasteiger partial charge is 0.407 e. The molecule has 1 aromatic carbocycles. The van der Waals surface area contributed by atoms with Crippen LogP contribution in [0.25, 0.3) is 0 Å². The molecule has 6 heteroatoms. The minimum absolute atomic E-state index is 0.0835. The lowest BCUT2D eigenvalue weighted by molar-refractivity contribution is -0.141. The van der Waals surface area contributed by atoms with Crippen LogP contribution in [0.15, 0.2) is 43.0 Å². The molecular weight excluding hydrogens is 346 g/mol. The molecule has 1 atom stereocenters. The minimum Gasteiger partial charge on any atom is -0.490 e. The van der Waals surface area contributed by atoms with Gasteiger partial charge in [-0.15, -0.1) is 0 Å². The average molecular weight is 373 g/mol. The molecule has 1 aromatic rings. The second kappa shape index (κ2) is 9.44. The van der Waals surface area contributed by atoms with E-state index in [0.29, 0.717) is 18.2 Å². The van der Waals surface area contributed by atoms with Crippen LogP contribution in [0, 0.1) is 17.8 Å². The molecule has 2 saturated carbocycles. The van der Waals surface area contributed by atoms with Gasteiger partial charge in [-0.05, 0) is 55.6 Å². The highest BCUT2D eigenvalue weighted by atomic mass is 16.6. The molecule has 27 heavy (non-hydrogen) atoms. The van der Waals surface area contributed by atoms with Crippen LogP contribution >= 0.6 is 0 Å². The number of hydrogen-bond donors (Lipinski definition) is 1. The Kier molecular flexibility index (Phi) is 6.74. The Morgan fingerprint density at radius 2 is 1.78 bits per heavy atom. The van der Waals surface area contributed by atoms with Gasteiger partial charge in [-0.1, -0.05) is 24.8 Å². The zero-order valence-electron chi connectivity index (χ0n) is 15.5. The van der Waals surface area contributed by atoms with E-state index >= 15 is 0 Å². The van der Waals surface area contributed by atoms with E-state index < -0.39 is 18.2 Å². The second-order valence-corrected chi connectivity index (χ2v) is 7.21. The Hall–Kier alpha value is -2.50. The van der Waals surface area contributed by atoms with Crippen LogP contribution in [0.1, 0.15) is 25.7 Å². The highest BCUT2D eigenvalue weighted by Crippen LogP contribution is 2.48. The van der Waals surface area contributed by atoms with Crippen molar-refractivity contribution in [1.29, 1.82) is 0 Å². The lowest BCUT2D eigenvalue weighted by Crippen LogP contribution is -2.38. The van der Waals surface area contributed by atoms with E-state index in [9.17, 15) is 9.59 Å². The third-order valence-corrected chi connectivity index (χ3v) is 5.54. The van der Waals surface area contributed by atoms with Gasteiger partial charge in [0.2, 0.25) is 0 Å². The molecule has 1 unspecified atom stereocenters. The molecule has 0 radical (unpaired) electrons. The van der Waals surface area contributed by atoms with Crippen molar-refractivity contribution in [2.24, 2.45) is 17.8 Å². The fraction of sp³-hybridized carbons (Fsp3) is 0.524. The first-order valence-electron chi connectivity index (χ1n) is 9.57. The summed E-state index contributed by atoms with van der Waals surface area (Å²) < 4.78 is 16.1. The molecule has 2 fully saturated rings. The number of carbonyl (C=O) groups is 2. The number of esters is 1. The van der Waals surface area contributed by atoms with E-state index in [1.807, 2.05) is 30.3 Å². The third kappa shape index (κ3) is 5.49. The Bertz CT molecular complexity index is 627. The average Bonchev–Trinajstić information content (AvgIpc) is 3.28. The van der Waals surface area contributed by atoms with Gasteiger partial charge in [-0.25, -0.2) is 9.59 Å². The number of alkyl carbamates (subject to hydrolysis) is 1. The monoisotopic (exact) mass is 373 g/mol. The highest BCUT2D eigenvalue weighted by Gasteiger charge is 2.41. The molecular formula is C21H27NO5. The van der Waals surface area contributed by atoms with Crippen molar-refractivity contribution in [3.8, 4) is 5.75 Å². The Morgan fingerprint density at radius 3 is 2.41 bits per heavy atom. The van der Waals surface area contributed by atoms with Gasteiger partial charge in [-0.3, -0.25) is 0 Å². The summed E-state index contributed by atoms with van der Waals surface area (Å²) in [6.45, 7) is 4.02. The molecule has 2 aliphatic rings. The van der Waals surface area contributed by atoms with Gasteiger partial charge in [0.15, 0.2) is 6.10 Å². The third-order valence-electron chi connectivity index (χ3n) is 5.54. The van der Waals surface area contributed by atoms with Crippen LogP contribution in [-0.4, -0.2) is 37.9 Å². The number of rotatable bonds is 9. The zero-order chi connectivity index (χ0) is 19.1. The SMILES string of the molecule is C=CC(=O)OCC(COc1ccccc1)OC(=O)NCC1C2CCC1CC2. The lowest BCUT2D eigenvalue weighted by Gasteiger charge is -2.20. The van der Waals surface area contributed by atoms with Crippen molar-refractivity contribution >= 4 is 12.1 Å². The highest BCUT2D eigenvalue weighted by molar-refractivity contribution is 5.81. The van der Waals surface area contributed by atoms with E-state index in [0.717, 1.165) is 17.9 Å². The number of para-hydroxylation sites is 1. The van der Waals surface area contributed by atoms with Crippen LogP contribution in [0.2, 0.25) is 0 Å². The van der Waals surface area contributed by atoms with Gasteiger partial charge < -0.3 is 19.5 Å². The van der Waals surface area contributed by atoms with Crippen molar-refractivity contribution in [1.82, 2.24) is 5.32 Å². The molecule has 2 aliphatic carbocycles. The summed E-state index contributed by atoms with van der Waals surface area (Å²) in [6.07, 6.45) is 4.97. The first-order valence-corrected chi connectivity index (χ1v) is 9.57. The van der Waals surface area contributed by atoms with Crippen molar-refractivity contribution in [3.63, 3.8) is 0 Å². The van der Waals surface area contributed by atoms with Crippen molar-refractivity contribution in [2.45, 2.75) is 31.8 Å². The van der Waals surface area contributed by atoms with E-state index in [-0.39, 0.29) is 13.2 Å². The fourth-order valence-corrected chi connectivity index (χ4v) is 4.17. The molecule has 0 aliphatic heterocycles. The maximum absolute atomic E-state index is 12.2. The number of amides is 1. The van der Waals surface area contributed by atoms with Crippen molar-refractivity contribution in [2.75, 3.05) is 19.8 Å². The second-order valence-electron chi connectivity index (χ2n) is 7.21. The molecule has 146 valence electrons. The fourth-order valence-electron chi connectivity index (χ4n) is 4.17. The van der Waals surface area contributed by atoms with Gasteiger partial charge >= 0.3 is 12.1 Å². The predicted molar refractivity (Wildman–Crippen MR) is 100 cm³/mol. The van der Waals surface area contributed by atoms with Crippen molar-refractivity contribution in [3.05, 3.63) is 43.0 Å². The molecule has 3 rings (SSSR count). The number of benzene rings is 1. The quantitative estimate of drug-likeness (QED) is 0.531. The number of ether oxygens (including phenoxy) is 3. The predicted octanol–water partition coefficient (Wildman–Crippen LogP) is 3.33. The van der Waals surface area contributed by atoms with Crippen LogP contribution in [0.3, 0.4) is 0 Å². The standard InChI is InChI=1S/C21H27NO5/c1-2-20(23)26-14-18(13-25-17-6-4-3-5-7-17)27-21(24)22-12-19-15-8-9-16(19)11-10-15/h2-7,15-16,18-19H,1,8-14H2,(H,22,24). The van der Waals surface area contributed by atoms with Gasteiger partial charge in [0.05, 0.1) is 0 Å². The molecule has 1 N–H and O–H groups in total. The number of nitrogens with one attached hydrogen (secondary N) is 1. The van der Waals surface area contributed by atoms with Gasteiger partial charge in [0.25, 0.3) is 0 Å². The normalized spacial score (nSPS) is 24.1. The molecule has 0 spiro atoms. The Labute approximate surface area is 159 Å². The molecule has 0 heterocycles. The number of carbonyl (C=O) groups excluding carboxylic acids is 2. The summed E-state index contributed by atoms with van der Waals surface area (Å²) in [5.74, 6) is 2.13. The topological polar surface area (TPSA) is 73.9 Å². The molecule has 0 saturated heterocycles. The molecule has 0 aromatic heterocycles. The van der Waals surface area contributed by atoms with E-state index in [1.54, 1.807) is 0 Å². The molecule has 6 nitrogen and oxygen atoms in total. The summed E-state index contributed by atoms with van der Waals surface area (Å²) in [5, 5.41) is 2.88.